The maximum Gasteiger partial charge on any atom is 0.104 e. The molecule has 1 unspecified atom stereocenters. The molecular formula is C10H22O5. The Morgan fingerprint density at radius 1 is 1.07 bits per heavy atom. The molecule has 0 spiro atoms. The summed E-state index contributed by atoms with van der Waals surface area (Å²) in [6.07, 6.45) is 0.328. The first kappa shape index (κ1) is 14.8. The highest BCUT2D eigenvalue weighted by Gasteiger charge is 2.08. The molecule has 0 heterocycles. The van der Waals surface area contributed by atoms with E-state index in [4.69, 9.17) is 24.8 Å². The third kappa shape index (κ3) is 7.70. The minimum Gasteiger partial charge on any atom is -0.396 e. The molecule has 0 aromatic heterocycles. The largest absolute Gasteiger partial charge is 0.396 e. The van der Waals surface area contributed by atoms with Crippen molar-refractivity contribution in [3.63, 3.8) is 0 Å². The van der Waals surface area contributed by atoms with Crippen LogP contribution in [0.4, 0.5) is 0 Å². The second-order valence-corrected chi connectivity index (χ2v) is 3.35. The summed E-state index contributed by atoms with van der Waals surface area (Å²) >= 11 is 0. The molecule has 5 heteroatoms. The van der Waals surface area contributed by atoms with Crippen molar-refractivity contribution in [3.8, 4) is 0 Å². The molecule has 0 bridgehead atoms. The predicted octanol–water partition coefficient (Wildman–Crippen LogP) is -0.609. The Balaban J connectivity index is 3.42. The highest BCUT2D eigenvalue weighted by Crippen LogP contribution is 2.01. The van der Waals surface area contributed by atoms with Crippen molar-refractivity contribution in [1.82, 2.24) is 0 Å². The Labute approximate surface area is 90.6 Å². The third-order valence-corrected chi connectivity index (χ3v) is 2.10. The van der Waals surface area contributed by atoms with Gasteiger partial charge in [0.15, 0.2) is 0 Å². The molecule has 0 aliphatic rings. The SMILES string of the molecule is CCOC(CO)COCCC(CO)CO. The van der Waals surface area contributed by atoms with E-state index in [0.29, 0.717) is 26.2 Å². The van der Waals surface area contributed by atoms with Crippen LogP contribution in [0.2, 0.25) is 0 Å². The van der Waals surface area contributed by atoms with Gasteiger partial charge in [0, 0.05) is 32.3 Å². The van der Waals surface area contributed by atoms with Crippen LogP contribution in [0.3, 0.4) is 0 Å². The second kappa shape index (κ2) is 10.3. The first-order valence-corrected chi connectivity index (χ1v) is 5.30. The maximum absolute atomic E-state index is 8.87. The van der Waals surface area contributed by atoms with E-state index in [1.54, 1.807) is 0 Å². The zero-order valence-electron chi connectivity index (χ0n) is 9.26. The number of aliphatic hydroxyl groups excluding tert-OH is 3. The maximum atomic E-state index is 8.87. The van der Waals surface area contributed by atoms with E-state index in [-0.39, 0.29) is 31.8 Å². The fraction of sp³-hybridized carbons (Fsp3) is 1.00. The van der Waals surface area contributed by atoms with Gasteiger partial charge < -0.3 is 24.8 Å². The van der Waals surface area contributed by atoms with E-state index in [0.717, 1.165) is 0 Å². The fourth-order valence-electron chi connectivity index (χ4n) is 1.09. The van der Waals surface area contributed by atoms with Crippen molar-refractivity contribution in [2.45, 2.75) is 19.4 Å². The van der Waals surface area contributed by atoms with Crippen LogP contribution >= 0.6 is 0 Å². The van der Waals surface area contributed by atoms with Crippen LogP contribution in [-0.4, -0.2) is 61.1 Å². The van der Waals surface area contributed by atoms with Gasteiger partial charge in [0.1, 0.15) is 6.10 Å². The number of aliphatic hydroxyl groups is 3. The van der Waals surface area contributed by atoms with Crippen LogP contribution < -0.4 is 0 Å². The molecule has 0 saturated heterocycles. The highest BCUT2D eigenvalue weighted by molar-refractivity contribution is 4.56. The lowest BCUT2D eigenvalue weighted by atomic mass is 10.1. The topological polar surface area (TPSA) is 79.2 Å². The summed E-state index contributed by atoms with van der Waals surface area (Å²) < 4.78 is 10.4. The standard InChI is InChI=1S/C10H22O5/c1-2-15-10(7-13)8-14-4-3-9(5-11)6-12/h9-13H,2-8H2,1H3. The monoisotopic (exact) mass is 222 g/mol. The summed E-state index contributed by atoms with van der Waals surface area (Å²) in [6, 6.07) is 0. The van der Waals surface area contributed by atoms with Crippen LogP contribution in [0.15, 0.2) is 0 Å². The molecule has 92 valence electrons. The molecule has 0 saturated carbocycles. The van der Waals surface area contributed by atoms with Crippen molar-refractivity contribution < 1.29 is 24.8 Å². The molecule has 0 amide bonds. The normalized spacial score (nSPS) is 13.4. The minimum absolute atomic E-state index is 0.0330. The van der Waals surface area contributed by atoms with Gasteiger partial charge in [-0.3, -0.25) is 0 Å². The summed E-state index contributed by atoms with van der Waals surface area (Å²) in [4.78, 5) is 0. The van der Waals surface area contributed by atoms with Crippen LogP contribution in [0.1, 0.15) is 13.3 Å². The van der Waals surface area contributed by atoms with Crippen molar-refractivity contribution in [2.24, 2.45) is 5.92 Å². The average Bonchev–Trinajstić information content (AvgIpc) is 2.28. The Morgan fingerprint density at radius 2 is 1.73 bits per heavy atom. The molecule has 0 aliphatic heterocycles. The summed E-state index contributed by atoms with van der Waals surface area (Å²) in [5.41, 5.74) is 0. The highest BCUT2D eigenvalue weighted by atomic mass is 16.5. The van der Waals surface area contributed by atoms with Gasteiger partial charge in [-0.15, -0.1) is 0 Å². The molecule has 5 nitrogen and oxygen atoms in total. The molecule has 0 aliphatic carbocycles. The fourth-order valence-corrected chi connectivity index (χ4v) is 1.09. The summed E-state index contributed by atoms with van der Waals surface area (Å²) in [5.74, 6) is -0.121. The first-order chi connectivity index (χ1) is 7.28. The van der Waals surface area contributed by atoms with Gasteiger partial charge in [-0.25, -0.2) is 0 Å². The van der Waals surface area contributed by atoms with Gasteiger partial charge in [-0.2, -0.15) is 0 Å². The summed E-state index contributed by atoms with van der Waals surface area (Å²) in [6.45, 7) is 3.07. The smallest absolute Gasteiger partial charge is 0.104 e. The second-order valence-electron chi connectivity index (χ2n) is 3.35. The predicted molar refractivity (Wildman–Crippen MR) is 55.6 cm³/mol. The van der Waals surface area contributed by atoms with Crippen molar-refractivity contribution in [3.05, 3.63) is 0 Å². The van der Waals surface area contributed by atoms with E-state index >= 15 is 0 Å². The third-order valence-electron chi connectivity index (χ3n) is 2.10. The van der Waals surface area contributed by atoms with Gasteiger partial charge in [0.05, 0.1) is 13.2 Å². The van der Waals surface area contributed by atoms with Crippen molar-refractivity contribution >= 4 is 0 Å². The molecule has 0 radical (unpaired) electrons. The van der Waals surface area contributed by atoms with Gasteiger partial charge >= 0.3 is 0 Å². The van der Waals surface area contributed by atoms with Gasteiger partial charge in [0.25, 0.3) is 0 Å². The van der Waals surface area contributed by atoms with E-state index in [2.05, 4.69) is 0 Å². The Hall–Kier alpha value is -0.200. The first-order valence-electron chi connectivity index (χ1n) is 5.30. The lowest BCUT2D eigenvalue weighted by Crippen LogP contribution is -2.25. The molecular weight excluding hydrogens is 200 g/mol. The number of ether oxygens (including phenoxy) is 2. The van der Waals surface area contributed by atoms with E-state index in [9.17, 15) is 0 Å². The summed E-state index contributed by atoms with van der Waals surface area (Å²) in [7, 11) is 0. The Kier molecular flexibility index (Phi) is 10.2. The van der Waals surface area contributed by atoms with Crippen LogP contribution in [0, 0.1) is 5.92 Å². The molecule has 0 aromatic rings. The lowest BCUT2D eigenvalue weighted by molar-refractivity contribution is -0.0416. The summed E-state index contributed by atoms with van der Waals surface area (Å²) in [5, 5.41) is 26.4. The van der Waals surface area contributed by atoms with Gasteiger partial charge in [-0.05, 0) is 13.3 Å². The average molecular weight is 222 g/mol. The van der Waals surface area contributed by atoms with Gasteiger partial charge in [-0.1, -0.05) is 0 Å². The van der Waals surface area contributed by atoms with Gasteiger partial charge in [0.2, 0.25) is 0 Å². The minimum atomic E-state index is -0.281. The molecule has 15 heavy (non-hydrogen) atoms. The number of hydrogen-bond donors (Lipinski definition) is 3. The zero-order chi connectivity index (χ0) is 11.5. The van der Waals surface area contributed by atoms with Crippen molar-refractivity contribution in [1.29, 1.82) is 0 Å². The lowest BCUT2D eigenvalue weighted by Gasteiger charge is -2.15. The Morgan fingerprint density at radius 3 is 2.20 bits per heavy atom. The van der Waals surface area contributed by atoms with E-state index in [1.807, 2.05) is 6.92 Å². The van der Waals surface area contributed by atoms with Crippen molar-refractivity contribution in [2.75, 3.05) is 39.6 Å². The molecule has 0 rings (SSSR count). The molecule has 0 aromatic carbocycles. The van der Waals surface area contributed by atoms with Crippen LogP contribution in [0.25, 0.3) is 0 Å². The molecule has 0 fully saturated rings. The number of hydrogen-bond acceptors (Lipinski definition) is 5. The van der Waals surface area contributed by atoms with E-state index in [1.165, 1.54) is 0 Å². The number of rotatable bonds is 10. The van der Waals surface area contributed by atoms with Crippen LogP contribution in [0.5, 0.6) is 0 Å². The van der Waals surface area contributed by atoms with E-state index < -0.39 is 0 Å². The zero-order valence-corrected chi connectivity index (χ0v) is 9.26. The quantitative estimate of drug-likeness (QED) is 0.430. The Bertz CT molecular complexity index is 127. The molecule has 1 atom stereocenters. The molecule has 3 N–H and O–H groups in total. The van der Waals surface area contributed by atoms with Crippen LogP contribution in [-0.2, 0) is 9.47 Å².